The van der Waals surface area contributed by atoms with E-state index in [1.54, 1.807) is 18.2 Å². The molecule has 0 unspecified atom stereocenters. The molecule has 130 valence electrons. The minimum absolute atomic E-state index is 0.0851. The highest BCUT2D eigenvalue weighted by molar-refractivity contribution is 6.31. The van der Waals surface area contributed by atoms with E-state index in [1.165, 1.54) is 31.3 Å². The Morgan fingerprint density at radius 2 is 1.92 bits per heavy atom. The van der Waals surface area contributed by atoms with E-state index in [0.29, 0.717) is 16.3 Å². The van der Waals surface area contributed by atoms with Gasteiger partial charge in [-0.25, -0.2) is 0 Å². The molecule has 25 heavy (non-hydrogen) atoms. The number of carbonyl (C=O) groups excluding carboxylic acids is 3. The summed E-state index contributed by atoms with van der Waals surface area (Å²) in [5.41, 5.74) is 6.20. The van der Waals surface area contributed by atoms with Crippen molar-refractivity contribution < 1.29 is 19.1 Å². The van der Waals surface area contributed by atoms with Gasteiger partial charge < -0.3 is 21.1 Å². The van der Waals surface area contributed by atoms with Crippen LogP contribution >= 0.6 is 11.6 Å². The van der Waals surface area contributed by atoms with Gasteiger partial charge in [-0.05, 0) is 36.4 Å². The number of anilines is 1. The summed E-state index contributed by atoms with van der Waals surface area (Å²) >= 11 is 5.81. The lowest BCUT2D eigenvalue weighted by Crippen LogP contribution is -2.22. The number of hydrogen-bond donors (Lipinski definition) is 3. The van der Waals surface area contributed by atoms with Gasteiger partial charge in [-0.2, -0.15) is 0 Å². The summed E-state index contributed by atoms with van der Waals surface area (Å²) in [4.78, 5) is 35.0. The zero-order valence-corrected chi connectivity index (χ0v) is 14.1. The summed E-state index contributed by atoms with van der Waals surface area (Å²) in [6.07, 6.45) is 0. The third kappa shape index (κ3) is 4.95. The molecule has 0 saturated heterocycles. The predicted octanol–water partition coefficient (Wildman–Crippen LogP) is 1.82. The Bertz CT molecular complexity index is 823. The normalized spacial score (nSPS) is 10.0. The van der Waals surface area contributed by atoms with E-state index in [2.05, 4.69) is 10.6 Å². The van der Waals surface area contributed by atoms with Crippen LogP contribution in [0.3, 0.4) is 0 Å². The number of primary amides is 1. The van der Waals surface area contributed by atoms with Crippen molar-refractivity contribution in [1.29, 1.82) is 0 Å². The zero-order chi connectivity index (χ0) is 18.4. The molecular formula is C17H16ClN3O4. The van der Waals surface area contributed by atoms with Crippen molar-refractivity contribution in [2.45, 2.75) is 0 Å². The molecular weight excluding hydrogens is 346 g/mol. The van der Waals surface area contributed by atoms with E-state index in [9.17, 15) is 14.4 Å². The third-order valence-corrected chi connectivity index (χ3v) is 3.44. The largest absolute Gasteiger partial charge is 0.483 e. The quantitative estimate of drug-likeness (QED) is 0.728. The lowest BCUT2D eigenvalue weighted by atomic mass is 10.2. The van der Waals surface area contributed by atoms with E-state index < -0.39 is 11.8 Å². The molecule has 0 aliphatic rings. The second kappa shape index (κ2) is 8.16. The van der Waals surface area contributed by atoms with Gasteiger partial charge >= 0.3 is 0 Å². The number of nitrogens with two attached hydrogens (primary N) is 1. The van der Waals surface area contributed by atoms with Gasteiger partial charge in [0, 0.05) is 23.3 Å². The average Bonchev–Trinajstić information content (AvgIpc) is 2.60. The van der Waals surface area contributed by atoms with Crippen LogP contribution in [0.1, 0.15) is 20.7 Å². The van der Waals surface area contributed by atoms with Gasteiger partial charge in [-0.3, -0.25) is 14.4 Å². The van der Waals surface area contributed by atoms with Crippen molar-refractivity contribution in [3.8, 4) is 5.75 Å². The molecule has 7 nitrogen and oxygen atoms in total. The Kier molecular flexibility index (Phi) is 5.97. The van der Waals surface area contributed by atoms with Crippen LogP contribution in [0.5, 0.6) is 5.75 Å². The Morgan fingerprint density at radius 1 is 1.16 bits per heavy atom. The molecule has 0 aliphatic carbocycles. The summed E-state index contributed by atoms with van der Waals surface area (Å²) in [6, 6.07) is 10.8. The molecule has 0 heterocycles. The molecule has 0 spiro atoms. The number of rotatable bonds is 6. The predicted molar refractivity (Wildman–Crippen MR) is 93.9 cm³/mol. The minimum Gasteiger partial charge on any atom is -0.483 e. The summed E-state index contributed by atoms with van der Waals surface area (Å²) in [6.45, 7) is -0.341. The van der Waals surface area contributed by atoms with Crippen LogP contribution in [0.4, 0.5) is 5.69 Å². The van der Waals surface area contributed by atoms with Crippen LogP contribution in [-0.2, 0) is 4.79 Å². The molecule has 0 fully saturated rings. The SMILES string of the molecule is CNC(=O)c1cccc(NC(=O)COc2ccc(Cl)cc2C(N)=O)c1. The topological polar surface area (TPSA) is 111 Å². The van der Waals surface area contributed by atoms with Crippen LogP contribution in [0.15, 0.2) is 42.5 Å². The molecule has 0 atom stereocenters. The molecule has 2 aromatic carbocycles. The van der Waals surface area contributed by atoms with Gasteiger partial charge in [0.15, 0.2) is 6.61 Å². The first-order valence-corrected chi connectivity index (χ1v) is 7.62. The van der Waals surface area contributed by atoms with Crippen molar-refractivity contribution in [2.24, 2.45) is 5.73 Å². The maximum atomic E-state index is 12.0. The molecule has 2 rings (SSSR count). The highest BCUT2D eigenvalue weighted by Crippen LogP contribution is 2.22. The fourth-order valence-corrected chi connectivity index (χ4v) is 2.22. The molecule has 2 aromatic rings. The Morgan fingerprint density at radius 3 is 2.60 bits per heavy atom. The van der Waals surface area contributed by atoms with Gasteiger partial charge in [0.05, 0.1) is 5.56 Å². The van der Waals surface area contributed by atoms with E-state index in [4.69, 9.17) is 22.1 Å². The fourth-order valence-electron chi connectivity index (χ4n) is 2.04. The van der Waals surface area contributed by atoms with Crippen LogP contribution in [-0.4, -0.2) is 31.4 Å². The smallest absolute Gasteiger partial charge is 0.262 e. The van der Waals surface area contributed by atoms with Crippen LogP contribution < -0.4 is 21.1 Å². The van der Waals surface area contributed by atoms with Crippen molar-refractivity contribution >= 4 is 35.0 Å². The molecule has 0 aliphatic heterocycles. The van der Waals surface area contributed by atoms with Crippen molar-refractivity contribution in [3.63, 3.8) is 0 Å². The number of carbonyl (C=O) groups is 3. The summed E-state index contributed by atoms with van der Waals surface area (Å²) in [7, 11) is 1.52. The van der Waals surface area contributed by atoms with Crippen molar-refractivity contribution in [1.82, 2.24) is 5.32 Å². The number of amides is 3. The zero-order valence-electron chi connectivity index (χ0n) is 13.3. The molecule has 8 heteroatoms. The van der Waals surface area contributed by atoms with E-state index in [0.717, 1.165) is 0 Å². The lowest BCUT2D eigenvalue weighted by molar-refractivity contribution is -0.118. The number of hydrogen-bond acceptors (Lipinski definition) is 4. The molecule has 0 radical (unpaired) electrons. The summed E-state index contributed by atoms with van der Waals surface area (Å²) < 4.78 is 5.34. The fraction of sp³-hybridized carbons (Fsp3) is 0.118. The first kappa shape index (κ1) is 18.3. The lowest BCUT2D eigenvalue weighted by Gasteiger charge is -2.11. The first-order valence-electron chi connectivity index (χ1n) is 7.25. The summed E-state index contributed by atoms with van der Waals surface area (Å²) in [5, 5.41) is 5.43. The number of benzene rings is 2. The van der Waals surface area contributed by atoms with Crippen molar-refractivity contribution in [2.75, 3.05) is 19.0 Å². The molecule has 4 N–H and O–H groups in total. The van der Waals surface area contributed by atoms with Crippen molar-refractivity contribution in [3.05, 3.63) is 58.6 Å². The van der Waals surface area contributed by atoms with Gasteiger partial charge in [-0.1, -0.05) is 17.7 Å². The molecule has 3 amide bonds. The second-order valence-electron chi connectivity index (χ2n) is 5.00. The monoisotopic (exact) mass is 361 g/mol. The standard InChI is InChI=1S/C17H16ClN3O4/c1-20-17(24)10-3-2-4-12(7-10)21-15(22)9-25-14-6-5-11(18)8-13(14)16(19)23/h2-8H,9H2,1H3,(H2,19,23)(H,20,24)(H,21,22). The maximum Gasteiger partial charge on any atom is 0.262 e. The second-order valence-corrected chi connectivity index (χ2v) is 5.44. The number of nitrogens with one attached hydrogen (secondary N) is 2. The van der Waals surface area contributed by atoms with E-state index >= 15 is 0 Å². The van der Waals surface area contributed by atoms with Gasteiger partial charge in [-0.15, -0.1) is 0 Å². The van der Waals surface area contributed by atoms with Gasteiger partial charge in [0.2, 0.25) is 0 Å². The van der Waals surface area contributed by atoms with Crippen LogP contribution in [0.2, 0.25) is 5.02 Å². The Hall–Kier alpha value is -3.06. The van der Waals surface area contributed by atoms with E-state index in [-0.39, 0.29) is 23.8 Å². The molecule has 0 aromatic heterocycles. The highest BCUT2D eigenvalue weighted by Gasteiger charge is 2.12. The third-order valence-electron chi connectivity index (χ3n) is 3.20. The van der Waals surface area contributed by atoms with Gasteiger partial charge in [0.25, 0.3) is 17.7 Å². The van der Waals surface area contributed by atoms with Crippen LogP contribution in [0, 0.1) is 0 Å². The summed E-state index contributed by atoms with van der Waals surface area (Å²) in [5.74, 6) is -1.28. The maximum absolute atomic E-state index is 12.0. The number of halogens is 1. The average molecular weight is 362 g/mol. The molecule has 0 bridgehead atoms. The first-order chi connectivity index (χ1) is 11.9. The van der Waals surface area contributed by atoms with Crippen LogP contribution in [0.25, 0.3) is 0 Å². The highest BCUT2D eigenvalue weighted by atomic mass is 35.5. The number of ether oxygens (including phenoxy) is 1. The van der Waals surface area contributed by atoms with Gasteiger partial charge in [0.1, 0.15) is 5.75 Å². The molecule has 0 saturated carbocycles. The Balaban J connectivity index is 2.02. The minimum atomic E-state index is -0.712. The van der Waals surface area contributed by atoms with E-state index in [1.807, 2.05) is 0 Å². The Labute approximate surface area is 149 Å².